The number of aromatic nitrogens is 3. The average Bonchev–Trinajstić information content (AvgIpc) is 3.01. The van der Waals surface area contributed by atoms with Gasteiger partial charge < -0.3 is 15.1 Å². The summed E-state index contributed by atoms with van der Waals surface area (Å²) in [5, 5.41) is 11.4. The molecule has 26 heavy (non-hydrogen) atoms. The van der Waals surface area contributed by atoms with Gasteiger partial charge in [0.05, 0.1) is 17.7 Å². The van der Waals surface area contributed by atoms with Crippen LogP contribution >= 0.6 is 0 Å². The van der Waals surface area contributed by atoms with Gasteiger partial charge in [-0.25, -0.2) is 8.42 Å². The third-order valence-corrected chi connectivity index (χ3v) is 6.58. The first-order chi connectivity index (χ1) is 12.6. The predicted molar refractivity (Wildman–Crippen MR) is 101 cm³/mol. The van der Waals surface area contributed by atoms with Crippen LogP contribution < -0.4 is 15.1 Å². The smallest absolute Gasteiger partial charge is 0.247 e. The molecule has 0 amide bonds. The van der Waals surface area contributed by atoms with Gasteiger partial charge >= 0.3 is 0 Å². The molecule has 0 radical (unpaired) electrons. The van der Waals surface area contributed by atoms with E-state index >= 15 is 0 Å². The number of hydrogen-bond donors (Lipinski definition) is 1. The topological polar surface area (TPSA) is 91.3 Å². The molecule has 138 valence electrons. The molecule has 0 bridgehead atoms. The normalized spacial score (nSPS) is 22.4. The van der Waals surface area contributed by atoms with Gasteiger partial charge in [-0.05, 0) is 18.6 Å². The van der Waals surface area contributed by atoms with Crippen molar-refractivity contribution in [3.8, 4) is 0 Å². The summed E-state index contributed by atoms with van der Waals surface area (Å²) in [5.41, 5.74) is 1.23. The zero-order valence-electron chi connectivity index (χ0n) is 14.5. The molecule has 2 aliphatic heterocycles. The quantitative estimate of drug-likeness (QED) is 0.840. The standard InChI is InChI=1S/C17H22N6O2S/c24-26(25)11-6-14(13-26)19-16-12-18-21-17(20-16)23-9-7-22(8-10-23)15-4-2-1-3-5-15/h1-5,12,14H,6-11,13H2,(H,19,20,21). The van der Waals surface area contributed by atoms with Crippen LogP contribution in [0.15, 0.2) is 36.5 Å². The maximum atomic E-state index is 11.6. The Kier molecular flexibility index (Phi) is 4.62. The number of para-hydroxylation sites is 1. The van der Waals surface area contributed by atoms with Gasteiger partial charge in [-0.15, -0.1) is 5.10 Å². The molecule has 9 heteroatoms. The molecule has 1 N–H and O–H groups in total. The number of piperazine rings is 1. The fraction of sp³-hybridized carbons (Fsp3) is 0.471. The van der Waals surface area contributed by atoms with E-state index in [9.17, 15) is 8.42 Å². The van der Waals surface area contributed by atoms with Crippen molar-refractivity contribution in [2.45, 2.75) is 12.5 Å². The van der Waals surface area contributed by atoms with Crippen molar-refractivity contribution in [1.29, 1.82) is 0 Å². The fourth-order valence-corrected chi connectivity index (χ4v) is 5.09. The Balaban J connectivity index is 1.38. The van der Waals surface area contributed by atoms with E-state index in [1.165, 1.54) is 5.69 Å². The lowest BCUT2D eigenvalue weighted by atomic mass is 10.2. The summed E-state index contributed by atoms with van der Waals surface area (Å²) in [6, 6.07) is 10.3. The summed E-state index contributed by atoms with van der Waals surface area (Å²) < 4.78 is 23.2. The van der Waals surface area contributed by atoms with Crippen molar-refractivity contribution in [1.82, 2.24) is 15.2 Å². The second kappa shape index (κ2) is 7.06. The van der Waals surface area contributed by atoms with Crippen molar-refractivity contribution in [2.75, 3.05) is 52.8 Å². The van der Waals surface area contributed by atoms with Crippen LogP contribution in [0.3, 0.4) is 0 Å². The molecule has 4 rings (SSSR count). The van der Waals surface area contributed by atoms with Gasteiger partial charge in [0.1, 0.15) is 0 Å². The molecule has 2 aliphatic rings. The maximum absolute atomic E-state index is 11.6. The average molecular weight is 374 g/mol. The van der Waals surface area contributed by atoms with Gasteiger partial charge in [0.2, 0.25) is 5.95 Å². The summed E-state index contributed by atoms with van der Waals surface area (Å²) in [4.78, 5) is 8.99. The number of benzene rings is 1. The third kappa shape index (κ3) is 3.87. The third-order valence-electron chi connectivity index (χ3n) is 4.82. The van der Waals surface area contributed by atoms with Gasteiger partial charge in [-0.2, -0.15) is 10.1 Å². The zero-order valence-corrected chi connectivity index (χ0v) is 15.3. The van der Waals surface area contributed by atoms with Crippen LogP contribution in [0.25, 0.3) is 0 Å². The van der Waals surface area contributed by atoms with Gasteiger partial charge in [0.15, 0.2) is 15.7 Å². The highest BCUT2D eigenvalue weighted by molar-refractivity contribution is 7.91. The Morgan fingerprint density at radius 3 is 2.46 bits per heavy atom. The van der Waals surface area contributed by atoms with E-state index in [-0.39, 0.29) is 17.5 Å². The summed E-state index contributed by atoms with van der Waals surface area (Å²) in [6.07, 6.45) is 2.16. The van der Waals surface area contributed by atoms with Crippen LogP contribution in [-0.2, 0) is 9.84 Å². The fourth-order valence-electron chi connectivity index (χ4n) is 3.42. The highest BCUT2D eigenvalue weighted by Crippen LogP contribution is 2.20. The largest absolute Gasteiger partial charge is 0.368 e. The second-order valence-corrected chi connectivity index (χ2v) is 8.92. The number of anilines is 3. The summed E-state index contributed by atoms with van der Waals surface area (Å²) in [5.74, 6) is 1.56. The number of nitrogens with zero attached hydrogens (tertiary/aromatic N) is 5. The van der Waals surface area contributed by atoms with Crippen LogP contribution in [0.5, 0.6) is 0 Å². The van der Waals surface area contributed by atoms with Crippen molar-refractivity contribution >= 4 is 27.3 Å². The SMILES string of the molecule is O=S1(=O)CCC(Nc2cnnc(N3CCN(c4ccccc4)CC3)n2)C1. The van der Waals surface area contributed by atoms with E-state index in [1.807, 2.05) is 18.2 Å². The molecule has 1 aromatic carbocycles. The van der Waals surface area contributed by atoms with Gasteiger partial charge in [0, 0.05) is 37.9 Å². The summed E-state index contributed by atoms with van der Waals surface area (Å²) in [6.45, 7) is 3.42. The zero-order chi connectivity index (χ0) is 18.0. The molecule has 8 nitrogen and oxygen atoms in total. The predicted octanol–water partition coefficient (Wildman–Crippen LogP) is 0.797. The lowest BCUT2D eigenvalue weighted by Gasteiger charge is -2.35. The van der Waals surface area contributed by atoms with Crippen LogP contribution in [0, 0.1) is 0 Å². The van der Waals surface area contributed by atoms with E-state index in [1.54, 1.807) is 6.20 Å². The Labute approximate surface area is 153 Å². The van der Waals surface area contributed by atoms with Crippen molar-refractivity contribution < 1.29 is 8.42 Å². The Hall–Kier alpha value is -2.42. The molecule has 1 atom stereocenters. The summed E-state index contributed by atoms with van der Waals surface area (Å²) in [7, 11) is -2.92. The highest BCUT2D eigenvalue weighted by Gasteiger charge is 2.28. The molecule has 2 fully saturated rings. The van der Waals surface area contributed by atoms with E-state index in [2.05, 4.69) is 42.4 Å². The van der Waals surface area contributed by atoms with Crippen LogP contribution in [0.2, 0.25) is 0 Å². The highest BCUT2D eigenvalue weighted by atomic mass is 32.2. The molecule has 0 saturated carbocycles. The van der Waals surface area contributed by atoms with Crippen molar-refractivity contribution in [2.24, 2.45) is 0 Å². The Bertz CT molecular complexity index is 853. The van der Waals surface area contributed by atoms with E-state index in [0.29, 0.717) is 18.2 Å². The number of hydrogen-bond acceptors (Lipinski definition) is 8. The molecule has 2 saturated heterocycles. The monoisotopic (exact) mass is 374 g/mol. The van der Waals surface area contributed by atoms with E-state index in [4.69, 9.17) is 0 Å². The van der Waals surface area contributed by atoms with Crippen LogP contribution in [0.1, 0.15) is 6.42 Å². The lowest BCUT2D eigenvalue weighted by Crippen LogP contribution is -2.47. The van der Waals surface area contributed by atoms with Crippen LogP contribution in [0.4, 0.5) is 17.5 Å². The molecule has 2 aromatic rings. The first-order valence-electron chi connectivity index (χ1n) is 8.81. The first-order valence-corrected chi connectivity index (χ1v) is 10.6. The lowest BCUT2D eigenvalue weighted by molar-refractivity contribution is 0.602. The van der Waals surface area contributed by atoms with Crippen LogP contribution in [-0.4, -0.2) is 67.3 Å². The summed E-state index contributed by atoms with van der Waals surface area (Å²) >= 11 is 0. The molecule has 3 heterocycles. The van der Waals surface area contributed by atoms with E-state index in [0.717, 1.165) is 26.2 Å². The molecule has 1 aromatic heterocycles. The minimum Gasteiger partial charge on any atom is -0.368 e. The molecular formula is C17H22N6O2S. The number of sulfone groups is 1. The minimum atomic E-state index is -2.92. The number of nitrogens with one attached hydrogen (secondary N) is 1. The van der Waals surface area contributed by atoms with Gasteiger partial charge in [0.25, 0.3) is 0 Å². The Morgan fingerprint density at radius 1 is 1.04 bits per heavy atom. The van der Waals surface area contributed by atoms with Crippen molar-refractivity contribution in [3.63, 3.8) is 0 Å². The Morgan fingerprint density at radius 2 is 1.77 bits per heavy atom. The molecule has 0 spiro atoms. The first kappa shape index (κ1) is 17.0. The minimum absolute atomic E-state index is 0.0977. The molecule has 1 unspecified atom stereocenters. The van der Waals surface area contributed by atoms with Gasteiger partial charge in [-0.1, -0.05) is 18.2 Å². The van der Waals surface area contributed by atoms with E-state index < -0.39 is 9.84 Å². The molecule has 0 aliphatic carbocycles. The second-order valence-electron chi connectivity index (χ2n) is 6.70. The van der Waals surface area contributed by atoms with Gasteiger partial charge in [-0.3, -0.25) is 0 Å². The number of rotatable bonds is 4. The molecular weight excluding hydrogens is 352 g/mol. The maximum Gasteiger partial charge on any atom is 0.247 e. The van der Waals surface area contributed by atoms with Crippen molar-refractivity contribution in [3.05, 3.63) is 36.5 Å².